The molecule has 0 fully saturated rings. The van der Waals surface area contributed by atoms with Crippen molar-refractivity contribution in [3.05, 3.63) is 39.3 Å². The van der Waals surface area contributed by atoms with Crippen LogP contribution in [0.1, 0.15) is 49.4 Å². The number of rotatable bonds is 5. The summed E-state index contributed by atoms with van der Waals surface area (Å²) in [4.78, 5) is 24.3. The Kier molecular flexibility index (Phi) is 5.20. The van der Waals surface area contributed by atoms with Gasteiger partial charge in [-0.2, -0.15) is 0 Å². The van der Waals surface area contributed by atoms with Crippen LogP contribution in [0.15, 0.2) is 16.9 Å². The lowest BCUT2D eigenvalue weighted by molar-refractivity contribution is -0.142. The standard InChI is InChI=1S/C19H26N2O5/c1-19(18(25)26)9-15(20-19)14-8-12-6-4-2-3-5-7-16(12)21(17(14)24)10-13(23)11-22/h8-9,13,20,22-23H,2-7,10-11H2,1H3,(H,25,26). The first kappa shape index (κ1) is 18.7. The summed E-state index contributed by atoms with van der Waals surface area (Å²) < 4.78 is 1.57. The molecule has 0 amide bonds. The second-order valence-electron chi connectivity index (χ2n) is 7.39. The minimum absolute atomic E-state index is 0.0367. The van der Waals surface area contributed by atoms with Crippen molar-refractivity contribution in [1.29, 1.82) is 0 Å². The molecule has 0 saturated carbocycles. The van der Waals surface area contributed by atoms with Crippen molar-refractivity contribution in [3.63, 3.8) is 0 Å². The third-order valence-electron chi connectivity index (χ3n) is 5.27. The van der Waals surface area contributed by atoms with Gasteiger partial charge in [0, 0.05) is 11.4 Å². The molecule has 0 bridgehead atoms. The van der Waals surface area contributed by atoms with Crippen LogP contribution < -0.4 is 10.9 Å². The van der Waals surface area contributed by atoms with Crippen molar-refractivity contribution < 1.29 is 20.1 Å². The average Bonchev–Trinajstić information content (AvgIpc) is 2.55. The zero-order chi connectivity index (χ0) is 18.9. The lowest BCUT2D eigenvalue weighted by Gasteiger charge is -2.35. The predicted octanol–water partition coefficient (Wildman–Crippen LogP) is 0.648. The number of aryl methyl sites for hydroxylation is 1. The van der Waals surface area contributed by atoms with Gasteiger partial charge in [0.15, 0.2) is 5.54 Å². The minimum Gasteiger partial charge on any atom is -0.479 e. The van der Waals surface area contributed by atoms with Crippen LogP contribution in [0.2, 0.25) is 0 Å². The first-order valence-electron chi connectivity index (χ1n) is 9.15. The summed E-state index contributed by atoms with van der Waals surface area (Å²) in [5.74, 6) is -0.997. The molecule has 3 rings (SSSR count). The molecule has 0 saturated heterocycles. The maximum absolute atomic E-state index is 13.0. The van der Waals surface area contributed by atoms with Gasteiger partial charge in [0.05, 0.1) is 24.8 Å². The summed E-state index contributed by atoms with van der Waals surface area (Å²) in [7, 11) is 0. The highest BCUT2D eigenvalue weighted by Gasteiger charge is 2.40. The van der Waals surface area contributed by atoms with Crippen LogP contribution >= 0.6 is 0 Å². The van der Waals surface area contributed by atoms with E-state index in [-0.39, 0.29) is 12.1 Å². The van der Waals surface area contributed by atoms with Crippen molar-refractivity contribution in [2.45, 2.75) is 63.6 Å². The van der Waals surface area contributed by atoms with Crippen molar-refractivity contribution in [3.8, 4) is 0 Å². The summed E-state index contributed by atoms with van der Waals surface area (Å²) >= 11 is 0. The fourth-order valence-electron chi connectivity index (χ4n) is 3.71. The van der Waals surface area contributed by atoms with E-state index in [1.54, 1.807) is 17.6 Å². The number of aliphatic hydroxyl groups is 2. The molecule has 1 aromatic heterocycles. The number of aliphatic hydroxyl groups excluding tert-OH is 2. The number of aromatic nitrogens is 1. The van der Waals surface area contributed by atoms with Crippen LogP contribution in [0.4, 0.5) is 0 Å². The van der Waals surface area contributed by atoms with Crippen LogP contribution in [0.25, 0.3) is 5.70 Å². The molecule has 0 spiro atoms. The van der Waals surface area contributed by atoms with Gasteiger partial charge in [0.25, 0.3) is 5.56 Å². The maximum atomic E-state index is 13.0. The molecule has 1 aliphatic carbocycles. The topological polar surface area (TPSA) is 112 Å². The van der Waals surface area contributed by atoms with Gasteiger partial charge in [-0.3, -0.25) is 4.79 Å². The van der Waals surface area contributed by atoms with Gasteiger partial charge in [-0.1, -0.05) is 12.8 Å². The van der Waals surface area contributed by atoms with Crippen LogP contribution in [-0.2, 0) is 24.2 Å². The van der Waals surface area contributed by atoms with Crippen molar-refractivity contribution in [1.82, 2.24) is 9.88 Å². The first-order chi connectivity index (χ1) is 12.4. The summed E-state index contributed by atoms with van der Waals surface area (Å²) in [6.07, 6.45) is 6.43. The Hall–Kier alpha value is -2.12. The Morgan fingerprint density at radius 2 is 1.96 bits per heavy atom. The summed E-state index contributed by atoms with van der Waals surface area (Å²) in [6, 6.07) is 1.87. The van der Waals surface area contributed by atoms with Crippen LogP contribution in [0, 0.1) is 0 Å². The molecule has 2 atom stereocenters. The van der Waals surface area contributed by atoms with E-state index in [0.717, 1.165) is 49.8 Å². The number of carboxylic acids is 1. The van der Waals surface area contributed by atoms with E-state index in [4.69, 9.17) is 0 Å². The number of hydrogen-bond acceptors (Lipinski definition) is 5. The van der Waals surface area contributed by atoms with E-state index in [2.05, 4.69) is 5.32 Å². The molecule has 0 radical (unpaired) electrons. The summed E-state index contributed by atoms with van der Waals surface area (Å²) in [6.45, 7) is 1.17. The van der Waals surface area contributed by atoms with E-state index in [9.17, 15) is 24.9 Å². The number of carbonyl (C=O) groups is 1. The zero-order valence-corrected chi connectivity index (χ0v) is 15.0. The van der Waals surface area contributed by atoms with Crippen molar-refractivity contribution >= 4 is 11.7 Å². The fourth-order valence-corrected chi connectivity index (χ4v) is 3.71. The quantitative estimate of drug-likeness (QED) is 0.612. The van der Waals surface area contributed by atoms with Gasteiger partial charge in [0.1, 0.15) is 0 Å². The third kappa shape index (κ3) is 3.41. The fraction of sp³-hybridized carbons (Fsp3) is 0.579. The highest BCUT2D eigenvalue weighted by Crippen LogP contribution is 2.29. The highest BCUT2D eigenvalue weighted by molar-refractivity contribution is 5.91. The molecule has 2 heterocycles. The number of nitrogens with one attached hydrogen (secondary N) is 1. The Morgan fingerprint density at radius 1 is 1.31 bits per heavy atom. The van der Waals surface area contributed by atoms with Crippen LogP contribution in [0.3, 0.4) is 0 Å². The van der Waals surface area contributed by atoms with Gasteiger partial charge in [-0.05, 0) is 50.3 Å². The molecular weight excluding hydrogens is 336 g/mol. The van der Waals surface area contributed by atoms with Gasteiger partial charge in [0.2, 0.25) is 0 Å². The second kappa shape index (κ2) is 7.25. The molecule has 0 aromatic carbocycles. The molecule has 1 aliphatic heterocycles. The molecule has 142 valence electrons. The molecule has 4 N–H and O–H groups in total. The lowest BCUT2D eigenvalue weighted by atomic mass is 9.88. The minimum atomic E-state index is -1.17. The molecule has 26 heavy (non-hydrogen) atoms. The van der Waals surface area contributed by atoms with Crippen LogP contribution in [-0.4, -0.2) is 44.1 Å². The molecular formula is C19H26N2O5. The number of pyridine rings is 1. The second-order valence-corrected chi connectivity index (χ2v) is 7.39. The molecule has 1 aromatic rings. The predicted molar refractivity (Wildman–Crippen MR) is 96.8 cm³/mol. The number of carboxylic acid groups (broad SMARTS) is 1. The van der Waals surface area contributed by atoms with E-state index in [1.165, 1.54) is 0 Å². The molecule has 2 aliphatic rings. The Balaban J connectivity index is 2.09. The van der Waals surface area contributed by atoms with E-state index < -0.39 is 24.2 Å². The Bertz CT molecular complexity index is 798. The Labute approximate surface area is 152 Å². The number of aliphatic carboxylic acids is 1. The largest absolute Gasteiger partial charge is 0.479 e. The van der Waals surface area contributed by atoms with Crippen molar-refractivity contribution in [2.75, 3.05) is 6.61 Å². The van der Waals surface area contributed by atoms with Gasteiger partial charge in [-0.25, -0.2) is 4.79 Å². The third-order valence-corrected chi connectivity index (χ3v) is 5.27. The highest BCUT2D eigenvalue weighted by atomic mass is 16.4. The van der Waals surface area contributed by atoms with Gasteiger partial charge in [-0.15, -0.1) is 0 Å². The Morgan fingerprint density at radius 3 is 2.58 bits per heavy atom. The number of hydrogen-bond donors (Lipinski definition) is 4. The normalized spacial score (nSPS) is 23.6. The lowest BCUT2D eigenvalue weighted by Crippen LogP contribution is -2.54. The SMILES string of the molecule is CC1(C(=O)O)C=C(c2cc3c(n(CC(O)CO)c2=O)CCCCCC3)N1. The number of nitrogens with zero attached hydrogens (tertiary/aromatic N) is 1. The van der Waals surface area contributed by atoms with Crippen molar-refractivity contribution in [2.24, 2.45) is 0 Å². The monoisotopic (exact) mass is 362 g/mol. The van der Waals surface area contributed by atoms with E-state index in [0.29, 0.717) is 11.3 Å². The zero-order valence-electron chi connectivity index (χ0n) is 15.0. The molecule has 7 nitrogen and oxygen atoms in total. The first-order valence-corrected chi connectivity index (χ1v) is 9.15. The maximum Gasteiger partial charge on any atom is 0.333 e. The molecule has 7 heteroatoms. The summed E-state index contributed by atoms with van der Waals surface area (Å²) in [5, 5.41) is 31.2. The van der Waals surface area contributed by atoms with E-state index >= 15 is 0 Å². The smallest absolute Gasteiger partial charge is 0.333 e. The van der Waals surface area contributed by atoms with Gasteiger partial charge < -0.3 is 25.2 Å². The molecule has 2 unspecified atom stereocenters. The van der Waals surface area contributed by atoms with Crippen LogP contribution in [0.5, 0.6) is 0 Å². The average molecular weight is 362 g/mol. The number of fused-ring (bicyclic) bond motifs is 1. The van der Waals surface area contributed by atoms with E-state index in [1.807, 2.05) is 6.07 Å². The summed E-state index contributed by atoms with van der Waals surface area (Å²) in [5.41, 5.74) is 1.50. The van der Waals surface area contributed by atoms with Gasteiger partial charge >= 0.3 is 5.97 Å².